The molecule has 2 amide bonds. The van der Waals surface area contributed by atoms with Crippen LogP contribution in [0.3, 0.4) is 0 Å². The standard InChI is InChI=1S/C24H25N3O3S/c1-4-6-22(28)27-15(2)11-18-12-16(9-10-21(18)27)20-14-31-24(25-20)26-23(29)17-7-5-8-19(13-17)30-3/h5,7-10,12-15H,4,6,11H2,1-3H3,(H,25,26,29)/t15-/m0/s1. The van der Waals surface area contributed by atoms with E-state index in [1.165, 1.54) is 11.3 Å². The summed E-state index contributed by atoms with van der Waals surface area (Å²) < 4.78 is 5.18. The molecule has 1 N–H and O–H groups in total. The summed E-state index contributed by atoms with van der Waals surface area (Å²) in [5.41, 5.74) is 4.45. The van der Waals surface area contributed by atoms with Gasteiger partial charge in [0, 0.05) is 34.7 Å². The number of anilines is 2. The highest BCUT2D eigenvalue weighted by Crippen LogP contribution is 2.36. The van der Waals surface area contributed by atoms with Crippen LogP contribution in [0.25, 0.3) is 11.3 Å². The number of amides is 2. The molecule has 1 aliphatic heterocycles. The van der Waals surface area contributed by atoms with Crippen molar-refractivity contribution in [1.82, 2.24) is 4.98 Å². The maximum absolute atomic E-state index is 12.5. The topological polar surface area (TPSA) is 71.5 Å². The normalized spacial score (nSPS) is 14.9. The number of hydrogen-bond donors (Lipinski definition) is 1. The molecule has 0 fully saturated rings. The SMILES string of the molecule is CCCC(=O)N1c2ccc(-c3csc(NC(=O)c4cccc(OC)c4)n3)cc2C[C@@H]1C. The van der Waals surface area contributed by atoms with Gasteiger partial charge in [0.25, 0.3) is 5.91 Å². The van der Waals surface area contributed by atoms with E-state index in [0.717, 1.165) is 35.3 Å². The van der Waals surface area contributed by atoms with Crippen LogP contribution in [0.4, 0.5) is 10.8 Å². The van der Waals surface area contributed by atoms with E-state index in [2.05, 4.69) is 23.3 Å². The van der Waals surface area contributed by atoms with Crippen molar-refractivity contribution in [3.05, 3.63) is 59.0 Å². The van der Waals surface area contributed by atoms with E-state index in [9.17, 15) is 9.59 Å². The third-order valence-corrected chi connectivity index (χ3v) is 6.14. The fourth-order valence-electron chi connectivity index (χ4n) is 3.90. The number of ether oxygens (including phenoxy) is 1. The first kappa shape index (κ1) is 21.1. The van der Waals surface area contributed by atoms with Gasteiger partial charge in [-0.25, -0.2) is 4.98 Å². The number of aromatic nitrogens is 1. The maximum Gasteiger partial charge on any atom is 0.257 e. The number of carbonyl (C=O) groups is 2. The minimum absolute atomic E-state index is 0.164. The fraction of sp³-hybridized carbons (Fsp3) is 0.292. The van der Waals surface area contributed by atoms with Crippen molar-refractivity contribution in [2.75, 3.05) is 17.3 Å². The first-order chi connectivity index (χ1) is 15.0. The second kappa shape index (κ2) is 8.89. The van der Waals surface area contributed by atoms with Crippen LogP contribution in [-0.2, 0) is 11.2 Å². The van der Waals surface area contributed by atoms with Crippen LogP contribution < -0.4 is 15.0 Å². The summed E-state index contributed by atoms with van der Waals surface area (Å²) in [6.45, 7) is 4.11. The Labute approximate surface area is 185 Å². The van der Waals surface area contributed by atoms with Gasteiger partial charge in [0.05, 0.1) is 12.8 Å². The molecule has 0 saturated heterocycles. The Bertz CT molecular complexity index is 1120. The molecule has 1 aliphatic rings. The van der Waals surface area contributed by atoms with E-state index in [0.29, 0.717) is 22.9 Å². The number of nitrogens with one attached hydrogen (secondary N) is 1. The van der Waals surface area contributed by atoms with Crippen LogP contribution in [0.2, 0.25) is 0 Å². The van der Waals surface area contributed by atoms with Gasteiger partial charge in [-0.3, -0.25) is 14.9 Å². The quantitative estimate of drug-likeness (QED) is 0.581. The van der Waals surface area contributed by atoms with Crippen molar-refractivity contribution >= 4 is 34.0 Å². The average Bonchev–Trinajstić information content (AvgIpc) is 3.36. The Balaban J connectivity index is 1.51. The summed E-state index contributed by atoms with van der Waals surface area (Å²) in [6.07, 6.45) is 2.24. The summed E-state index contributed by atoms with van der Waals surface area (Å²) in [5, 5.41) is 5.33. The maximum atomic E-state index is 12.5. The molecule has 0 radical (unpaired) electrons. The first-order valence-corrected chi connectivity index (χ1v) is 11.2. The highest BCUT2D eigenvalue weighted by molar-refractivity contribution is 7.14. The number of fused-ring (bicyclic) bond motifs is 1. The Morgan fingerprint density at radius 3 is 2.87 bits per heavy atom. The number of thiazole rings is 1. The first-order valence-electron chi connectivity index (χ1n) is 10.4. The third kappa shape index (κ3) is 4.32. The third-order valence-electron chi connectivity index (χ3n) is 5.38. The lowest BCUT2D eigenvalue weighted by atomic mass is 10.1. The van der Waals surface area contributed by atoms with Crippen LogP contribution >= 0.6 is 11.3 Å². The van der Waals surface area contributed by atoms with E-state index >= 15 is 0 Å². The Hall–Kier alpha value is -3.19. The van der Waals surface area contributed by atoms with Gasteiger partial charge in [-0.1, -0.05) is 19.1 Å². The molecule has 0 aliphatic carbocycles. The molecular weight excluding hydrogens is 410 g/mol. The van der Waals surface area contributed by atoms with Crippen molar-refractivity contribution < 1.29 is 14.3 Å². The molecule has 1 atom stereocenters. The van der Waals surface area contributed by atoms with E-state index in [-0.39, 0.29) is 17.9 Å². The molecule has 160 valence electrons. The molecule has 0 bridgehead atoms. The summed E-state index contributed by atoms with van der Waals surface area (Å²) >= 11 is 1.38. The van der Waals surface area contributed by atoms with E-state index in [1.807, 2.05) is 29.3 Å². The molecule has 2 aromatic carbocycles. The van der Waals surface area contributed by atoms with Gasteiger partial charge in [0.1, 0.15) is 5.75 Å². The molecule has 2 heterocycles. The molecule has 0 saturated carbocycles. The lowest BCUT2D eigenvalue weighted by Gasteiger charge is -2.22. The Morgan fingerprint density at radius 2 is 2.10 bits per heavy atom. The van der Waals surface area contributed by atoms with Gasteiger partial charge in [-0.2, -0.15) is 0 Å². The van der Waals surface area contributed by atoms with Crippen LogP contribution in [0.1, 0.15) is 42.6 Å². The van der Waals surface area contributed by atoms with Crippen molar-refractivity contribution in [3.63, 3.8) is 0 Å². The largest absolute Gasteiger partial charge is 0.497 e. The number of rotatable bonds is 6. The minimum Gasteiger partial charge on any atom is -0.497 e. The number of nitrogens with zero attached hydrogens (tertiary/aromatic N) is 2. The predicted octanol–water partition coefficient (Wildman–Crippen LogP) is 5.15. The number of methoxy groups -OCH3 is 1. The van der Waals surface area contributed by atoms with Gasteiger partial charge in [-0.15, -0.1) is 11.3 Å². The van der Waals surface area contributed by atoms with Crippen LogP contribution in [0.5, 0.6) is 5.75 Å². The van der Waals surface area contributed by atoms with Crippen LogP contribution in [0.15, 0.2) is 47.8 Å². The second-order valence-electron chi connectivity index (χ2n) is 7.63. The van der Waals surface area contributed by atoms with Crippen molar-refractivity contribution in [2.24, 2.45) is 0 Å². The molecule has 7 heteroatoms. The Morgan fingerprint density at radius 1 is 1.26 bits per heavy atom. The van der Waals surface area contributed by atoms with Crippen molar-refractivity contribution in [3.8, 4) is 17.0 Å². The molecule has 3 aromatic rings. The number of hydrogen-bond acceptors (Lipinski definition) is 5. The zero-order chi connectivity index (χ0) is 22.0. The number of benzene rings is 2. The number of carbonyl (C=O) groups excluding carboxylic acids is 2. The lowest BCUT2D eigenvalue weighted by Crippen LogP contribution is -2.35. The van der Waals surface area contributed by atoms with Gasteiger partial charge in [0.2, 0.25) is 5.91 Å². The van der Waals surface area contributed by atoms with Crippen LogP contribution in [-0.4, -0.2) is 29.9 Å². The molecule has 0 unspecified atom stereocenters. The molecule has 4 rings (SSSR count). The molecular formula is C24H25N3O3S. The zero-order valence-corrected chi connectivity index (χ0v) is 18.7. The highest BCUT2D eigenvalue weighted by Gasteiger charge is 2.30. The van der Waals surface area contributed by atoms with Gasteiger partial charge in [0.15, 0.2) is 5.13 Å². The van der Waals surface area contributed by atoms with Crippen LogP contribution in [0, 0.1) is 0 Å². The van der Waals surface area contributed by atoms with Crippen molar-refractivity contribution in [2.45, 2.75) is 39.2 Å². The smallest absolute Gasteiger partial charge is 0.257 e. The van der Waals surface area contributed by atoms with E-state index in [1.54, 1.807) is 31.4 Å². The van der Waals surface area contributed by atoms with Crippen molar-refractivity contribution in [1.29, 1.82) is 0 Å². The van der Waals surface area contributed by atoms with Gasteiger partial charge >= 0.3 is 0 Å². The Kier molecular flexibility index (Phi) is 6.04. The predicted molar refractivity (Wildman–Crippen MR) is 124 cm³/mol. The summed E-state index contributed by atoms with van der Waals surface area (Å²) in [5.74, 6) is 0.580. The van der Waals surface area contributed by atoms with Gasteiger partial charge in [-0.05, 0) is 55.7 Å². The molecule has 31 heavy (non-hydrogen) atoms. The highest BCUT2D eigenvalue weighted by atomic mass is 32.1. The summed E-state index contributed by atoms with van der Waals surface area (Å²) in [4.78, 5) is 31.5. The fourth-order valence-corrected chi connectivity index (χ4v) is 4.62. The summed E-state index contributed by atoms with van der Waals surface area (Å²) in [6, 6.07) is 13.3. The average molecular weight is 436 g/mol. The summed E-state index contributed by atoms with van der Waals surface area (Å²) in [7, 11) is 1.57. The van der Waals surface area contributed by atoms with Gasteiger partial charge < -0.3 is 9.64 Å². The monoisotopic (exact) mass is 435 g/mol. The minimum atomic E-state index is -0.229. The lowest BCUT2D eigenvalue weighted by molar-refractivity contribution is -0.118. The molecule has 0 spiro atoms. The molecule has 1 aromatic heterocycles. The van der Waals surface area contributed by atoms with E-state index in [4.69, 9.17) is 4.74 Å². The van der Waals surface area contributed by atoms with E-state index < -0.39 is 0 Å². The zero-order valence-electron chi connectivity index (χ0n) is 17.8. The molecule has 6 nitrogen and oxygen atoms in total. The second-order valence-corrected chi connectivity index (χ2v) is 8.49.